The van der Waals surface area contributed by atoms with E-state index < -0.39 is 59.2 Å². The monoisotopic (exact) mass is 562 g/mol. The second-order valence-electron chi connectivity index (χ2n) is 7.12. The molecule has 35 heavy (non-hydrogen) atoms. The third kappa shape index (κ3) is 5.73. The molecule has 8 N–H and O–H groups in total. The standard InChI is InChI=1S/C14H18FN4O13P3/c1-3-14(15)9(20)8(6(2)30-34(25,26)32-35(27,28)31-33(22,23)24)29-12(14)19-5-4-7-10(19)17-13(16)18-11(7)21/h1,4-6,8-9,12,20H,2H3,(H,25,26)(H,27,28)(H2,22,23,24)(H3,16,17,18,21)/t6-,8+,9-,12+,14?/m0/s1. The number of terminal acetylenes is 1. The zero-order chi connectivity index (χ0) is 26.6. The van der Waals surface area contributed by atoms with Gasteiger partial charge in [-0.15, -0.1) is 6.42 Å². The number of aliphatic hydroxyl groups is 1. The highest BCUT2D eigenvalue weighted by molar-refractivity contribution is 7.66. The number of nitrogens with two attached hydrogens (primary N) is 1. The van der Waals surface area contributed by atoms with Crippen LogP contribution in [0.3, 0.4) is 0 Å². The maximum absolute atomic E-state index is 15.7. The molecule has 0 spiro atoms. The number of H-pyrrole nitrogens is 1. The maximum atomic E-state index is 15.7. The highest BCUT2D eigenvalue weighted by Crippen LogP contribution is 2.66. The third-order valence-corrected chi connectivity index (χ3v) is 8.57. The molecule has 1 fully saturated rings. The van der Waals surface area contributed by atoms with E-state index in [1.54, 1.807) is 5.92 Å². The van der Waals surface area contributed by atoms with Crippen LogP contribution in [0.2, 0.25) is 0 Å². The molecule has 0 bridgehead atoms. The third-order valence-electron chi connectivity index (χ3n) is 4.64. The number of hydrogen-bond acceptors (Lipinski definition) is 11. The van der Waals surface area contributed by atoms with Crippen molar-refractivity contribution >= 4 is 40.4 Å². The van der Waals surface area contributed by atoms with E-state index in [9.17, 15) is 33.4 Å². The van der Waals surface area contributed by atoms with Crippen LogP contribution in [0.1, 0.15) is 13.2 Å². The highest BCUT2D eigenvalue weighted by Gasteiger charge is 2.60. The first-order valence-electron chi connectivity index (χ1n) is 9.08. The van der Waals surface area contributed by atoms with Gasteiger partial charge in [0.15, 0.2) is 11.9 Å². The van der Waals surface area contributed by atoms with Gasteiger partial charge in [0.1, 0.15) is 12.2 Å². The van der Waals surface area contributed by atoms with E-state index in [1.807, 2.05) is 0 Å². The first-order chi connectivity index (χ1) is 15.9. The Morgan fingerprint density at radius 1 is 1.31 bits per heavy atom. The zero-order valence-corrected chi connectivity index (χ0v) is 19.9. The lowest BCUT2D eigenvalue weighted by Gasteiger charge is -2.25. The maximum Gasteiger partial charge on any atom is 0.490 e. The van der Waals surface area contributed by atoms with Crippen molar-refractivity contribution in [3.63, 3.8) is 0 Å². The first-order valence-corrected chi connectivity index (χ1v) is 13.6. The number of nitrogen functional groups attached to an aromatic ring is 1. The van der Waals surface area contributed by atoms with E-state index >= 15 is 4.39 Å². The number of nitrogens with one attached hydrogen (secondary N) is 1. The van der Waals surface area contributed by atoms with Crippen LogP contribution in [0.15, 0.2) is 17.1 Å². The Kier molecular flexibility index (Phi) is 7.23. The fourth-order valence-corrected chi connectivity index (χ4v) is 6.52. The van der Waals surface area contributed by atoms with Gasteiger partial charge in [0.2, 0.25) is 11.6 Å². The summed E-state index contributed by atoms with van der Waals surface area (Å²) in [4.78, 5) is 54.2. The van der Waals surface area contributed by atoms with Crippen molar-refractivity contribution in [2.75, 3.05) is 5.73 Å². The molecule has 194 valence electrons. The van der Waals surface area contributed by atoms with Crippen LogP contribution in [0.5, 0.6) is 0 Å². The molecule has 17 nitrogen and oxygen atoms in total. The predicted molar refractivity (Wildman–Crippen MR) is 112 cm³/mol. The van der Waals surface area contributed by atoms with Crippen LogP contribution in [-0.4, -0.2) is 63.2 Å². The molecule has 0 aliphatic carbocycles. The lowest BCUT2D eigenvalue weighted by Crippen LogP contribution is -2.44. The van der Waals surface area contributed by atoms with Crippen LogP contribution in [0.4, 0.5) is 10.3 Å². The summed E-state index contributed by atoms with van der Waals surface area (Å²) < 4.78 is 68.1. The molecule has 0 aromatic carbocycles. The average Bonchev–Trinajstić information content (AvgIpc) is 3.18. The SMILES string of the molecule is C#CC1(F)[C@@H](O)[C@@H]([C@H](C)OP(=O)(O)OP(=O)(O)OP(=O)(O)O)O[C@H]1n1ccc2c(=O)[nH]c(N)nc21. The molecule has 7 atom stereocenters. The number of rotatable bonds is 8. The number of aromatic nitrogens is 3. The highest BCUT2D eigenvalue weighted by atomic mass is 31.3. The molecule has 2 aromatic rings. The minimum atomic E-state index is -5.83. The Hall–Kier alpha value is -1.96. The number of alkyl halides is 1. The fourth-order valence-electron chi connectivity index (χ4n) is 3.32. The first kappa shape index (κ1) is 27.6. The van der Waals surface area contributed by atoms with Crippen LogP contribution >= 0.6 is 23.5 Å². The smallest absolute Gasteiger partial charge is 0.386 e. The van der Waals surface area contributed by atoms with Crippen molar-refractivity contribution < 1.29 is 60.6 Å². The van der Waals surface area contributed by atoms with E-state index in [0.29, 0.717) is 0 Å². The molecule has 21 heteroatoms. The average molecular weight is 562 g/mol. The number of anilines is 1. The van der Waals surface area contributed by atoms with Gasteiger partial charge in [0, 0.05) is 6.20 Å². The van der Waals surface area contributed by atoms with Crippen LogP contribution < -0.4 is 11.3 Å². The van der Waals surface area contributed by atoms with Gasteiger partial charge in [-0.1, -0.05) is 5.92 Å². The Morgan fingerprint density at radius 2 is 1.94 bits per heavy atom. The van der Waals surface area contributed by atoms with Gasteiger partial charge in [-0.3, -0.25) is 14.3 Å². The minimum Gasteiger partial charge on any atom is -0.386 e. The summed E-state index contributed by atoms with van der Waals surface area (Å²) in [6.07, 6.45) is -1.31. The number of phosphoric acid groups is 3. The summed E-state index contributed by atoms with van der Waals surface area (Å²) in [5.74, 6) is 1.39. The number of ether oxygens (including phenoxy) is 1. The van der Waals surface area contributed by atoms with Crippen molar-refractivity contribution in [1.29, 1.82) is 0 Å². The quantitative estimate of drug-likeness (QED) is 0.160. The van der Waals surface area contributed by atoms with Crippen LogP contribution in [-0.2, 0) is 31.6 Å². The summed E-state index contributed by atoms with van der Waals surface area (Å²) in [6, 6.07) is 1.23. The summed E-state index contributed by atoms with van der Waals surface area (Å²) in [6.45, 7) is 0.959. The molecule has 3 heterocycles. The number of aliphatic hydroxyl groups excluding tert-OH is 1. The molecule has 0 amide bonds. The van der Waals surface area contributed by atoms with Crippen molar-refractivity contribution in [3.05, 3.63) is 22.6 Å². The summed E-state index contributed by atoms with van der Waals surface area (Å²) in [5, 5.41) is 10.5. The number of fused-ring (bicyclic) bond motifs is 1. The Labute approximate surface area is 194 Å². The van der Waals surface area contributed by atoms with Crippen molar-refractivity contribution in [2.24, 2.45) is 0 Å². The van der Waals surface area contributed by atoms with Crippen molar-refractivity contribution in [3.8, 4) is 12.3 Å². The Morgan fingerprint density at radius 3 is 2.51 bits per heavy atom. The molecular weight excluding hydrogens is 544 g/mol. The molecular formula is C14H18FN4O13P3. The van der Waals surface area contributed by atoms with E-state index in [4.69, 9.17) is 26.7 Å². The second-order valence-corrected chi connectivity index (χ2v) is 11.5. The van der Waals surface area contributed by atoms with E-state index in [2.05, 4.69) is 23.1 Å². The van der Waals surface area contributed by atoms with Gasteiger partial charge in [0.25, 0.3) is 5.56 Å². The summed E-state index contributed by atoms with van der Waals surface area (Å²) in [5.41, 5.74) is 1.64. The molecule has 1 aliphatic heterocycles. The number of hydrogen-bond donors (Lipinski definition) is 7. The van der Waals surface area contributed by atoms with Crippen LogP contribution in [0.25, 0.3) is 11.0 Å². The molecule has 1 saturated heterocycles. The molecule has 1 aliphatic rings. The van der Waals surface area contributed by atoms with Crippen molar-refractivity contribution in [2.45, 2.75) is 37.1 Å². The largest absolute Gasteiger partial charge is 0.490 e. The zero-order valence-electron chi connectivity index (χ0n) is 17.2. The van der Waals surface area contributed by atoms with Gasteiger partial charge in [-0.25, -0.2) is 18.1 Å². The van der Waals surface area contributed by atoms with Gasteiger partial charge in [-0.2, -0.15) is 13.6 Å². The Balaban J connectivity index is 1.89. The fraction of sp³-hybridized carbons (Fsp3) is 0.429. The molecule has 2 aromatic heterocycles. The number of aromatic amines is 1. The van der Waals surface area contributed by atoms with Gasteiger partial charge in [0.05, 0.1) is 11.5 Å². The van der Waals surface area contributed by atoms with Gasteiger partial charge in [-0.05, 0) is 13.0 Å². The van der Waals surface area contributed by atoms with E-state index in [-0.39, 0.29) is 17.0 Å². The second kappa shape index (κ2) is 9.16. The van der Waals surface area contributed by atoms with E-state index in [0.717, 1.165) is 17.7 Å². The van der Waals surface area contributed by atoms with Crippen molar-refractivity contribution in [1.82, 2.24) is 14.5 Å². The number of phosphoric ester groups is 1. The number of halogens is 1. The lowest BCUT2D eigenvalue weighted by molar-refractivity contribution is -0.0752. The molecule has 3 unspecified atom stereocenters. The van der Waals surface area contributed by atoms with Gasteiger partial charge >= 0.3 is 23.5 Å². The molecule has 0 radical (unpaired) electrons. The van der Waals surface area contributed by atoms with E-state index in [1.165, 1.54) is 6.07 Å². The number of nitrogens with zero attached hydrogens (tertiary/aromatic N) is 2. The molecule has 0 saturated carbocycles. The topological polar surface area (TPSA) is 266 Å². The Bertz CT molecular complexity index is 1380. The minimum absolute atomic E-state index is 0.0403. The summed E-state index contributed by atoms with van der Waals surface area (Å²) >= 11 is 0. The summed E-state index contributed by atoms with van der Waals surface area (Å²) in [7, 11) is -17.1. The predicted octanol–water partition coefficient (Wildman–Crippen LogP) is -0.362. The van der Waals surface area contributed by atoms with Gasteiger partial charge < -0.3 is 39.7 Å². The molecule has 3 rings (SSSR count). The lowest BCUT2D eigenvalue weighted by atomic mass is 9.95. The normalized spacial score (nSPS) is 29.4. The van der Waals surface area contributed by atoms with Crippen LogP contribution in [0, 0.1) is 12.3 Å².